The van der Waals surface area contributed by atoms with E-state index in [1.165, 1.54) is 0 Å². The van der Waals surface area contributed by atoms with Crippen molar-refractivity contribution in [2.24, 2.45) is 0 Å². The number of nitrogens with zero attached hydrogens (tertiary/aromatic N) is 1. The summed E-state index contributed by atoms with van der Waals surface area (Å²) in [6.07, 6.45) is 0.949. The van der Waals surface area contributed by atoms with E-state index in [0.29, 0.717) is 7.18 Å². The van der Waals surface area contributed by atoms with Crippen LogP contribution in [0.1, 0.15) is 43.9 Å². The number of rotatable bonds is 8. The molecule has 3 aromatic rings. The lowest BCUT2D eigenvalue weighted by atomic mass is 9.90. The SMILES string of the molecule is CC(C)c1nc2ccccc2c(-c2ccccc2)c1/C=C/C(O)CC(O)CC(=O)O.CF. The molecule has 0 amide bonds. The van der Waals surface area contributed by atoms with Crippen LogP contribution in [0.15, 0.2) is 60.7 Å². The van der Waals surface area contributed by atoms with Crippen molar-refractivity contribution in [1.82, 2.24) is 4.98 Å². The summed E-state index contributed by atoms with van der Waals surface area (Å²) in [5, 5.41) is 30.0. The molecule has 32 heavy (non-hydrogen) atoms. The number of carboxylic acid groups (broad SMARTS) is 1. The van der Waals surface area contributed by atoms with Crippen molar-refractivity contribution in [3.8, 4) is 11.1 Å². The number of alkyl halides is 1. The largest absolute Gasteiger partial charge is 0.481 e. The number of pyridine rings is 1. The second kappa shape index (κ2) is 12.1. The van der Waals surface area contributed by atoms with Crippen molar-refractivity contribution in [3.05, 3.63) is 71.9 Å². The zero-order valence-electron chi connectivity index (χ0n) is 18.6. The number of halogens is 1. The van der Waals surface area contributed by atoms with Gasteiger partial charge in [-0.1, -0.05) is 74.5 Å². The maximum absolute atomic E-state index is 10.7. The van der Waals surface area contributed by atoms with Gasteiger partial charge in [-0.25, -0.2) is 0 Å². The fourth-order valence-electron chi connectivity index (χ4n) is 3.62. The smallest absolute Gasteiger partial charge is 0.305 e. The van der Waals surface area contributed by atoms with Gasteiger partial charge in [-0.3, -0.25) is 14.2 Å². The van der Waals surface area contributed by atoms with Gasteiger partial charge in [0, 0.05) is 22.9 Å². The molecule has 0 aliphatic carbocycles. The molecule has 0 saturated heterocycles. The molecule has 3 N–H and O–H groups in total. The molecular formula is C26H30FNO4. The predicted octanol–water partition coefficient (Wildman–Crippen LogP) is 5.21. The van der Waals surface area contributed by atoms with Gasteiger partial charge in [0.05, 0.1) is 37.0 Å². The van der Waals surface area contributed by atoms with Gasteiger partial charge in [0.15, 0.2) is 0 Å². The van der Waals surface area contributed by atoms with E-state index in [2.05, 4.69) is 26.0 Å². The average Bonchev–Trinajstić information content (AvgIpc) is 2.78. The summed E-state index contributed by atoms with van der Waals surface area (Å²) in [6.45, 7) is 4.16. The quantitative estimate of drug-likeness (QED) is 0.448. The molecule has 0 aliphatic rings. The molecule has 2 atom stereocenters. The number of benzene rings is 2. The minimum absolute atomic E-state index is 0.0402. The van der Waals surface area contributed by atoms with Crippen LogP contribution >= 0.6 is 0 Å². The van der Waals surface area contributed by atoms with Gasteiger partial charge in [-0.2, -0.15) is 0 Å². The van der Waals surface area contributed by atoms with Crippen LogP contribution in [0.25, 0.3) is 28.1 Å². The highest BCUT2D eigenvalue weighted by molar-refractivity contribution is 5.99. The Balaban J connectivity index is 0.00000176. The fourth-order valence-corrected chi connectivity index (χ4v) is 3.62. The van der Waals surface area contributed by atoms with Crippen LogP contribution in [-0.2, 0) is 4.79 Å². The number of aliphatic hydroxyl groups excluding tert-OH is 2. The lowest BCUT2D eigenvalue weighted by Crippen LogP contribution is -2.19. The number of carboxylic acids is 1. The molecule has 0 saturated carbocycles. The molecule has 1 aromatic heterocycles. The van der Waals surface area contributed by atoms with Gasteiger partial charge >= 0.3 is 5.97 Å². The second-order valence-electron chi connectivity index (χ2n) is 7.74. The average molecular weight is 440 g/mol. The summed E-state index contributed by atoms with van der Waals surface area (Å²) in [7, 11) is 0.500. The fraction of sp³-hybridized carbons (Fsp3) is 0.308. The van der Waals surface area contributed by atoms with Crippen molar-refractivity contribution in [2.45, 2.75) is 44.8 Å². The lowest BCUT2D eigenvalue weighted by Gasteiger charge is -2.18. The summed E-state index contributed by atoms with van der Waals surface area (Å²) < 4.78 is 9.50. The molecular weight excluding hydrogens is 409 g/mol. The van der Waals surface area contributed by atoms with Gasteiger partial charge in [-0.05, 0) is 17.5 Å². The van der Waals surface area contributed by atoms with Crippen LogP contribution in [0.4, 0.5) is 4.39 Å². The molecule has 6 heteroatoms. The first-order chi connectivity index (χ1) is 15.4. The molecule has 0 fully saturated rings. The standard InChI is InChI=1S/C25H27NO4.CH3F/c1-16(2)25-21(13-12-18(27)14-19(28)15-23(29)30)24(17-8-4-3-5-9-17)20-10-6-7-11-22(20)26-25;1-2/h3-13,16,18-19,27-28H,14-15H2,1-2H3,(H,29,30);1H3/b13-12+;. The number of aromatic nitrogens is 1. The van der Waals surface area contributed by atoms with Crippen molar-refractivity contribution < 1.29 is 24.5 Å². The molecule has 170 valence electrons. The summed E-state index contributed by atoms with van der Waals surface area (Å²) in [4.78, 5) is 15.6. The van der Waals surface area contributed by atoms with Gasteiger partial charge in [0.1, 0.15) is 0 Å². The highest BCUT2D eigenvalue weighted by Gasteiger charge is 2.18. The Labute approximate surface area is 187 Å². The van der Waals surface area contributed by atoms with Gasteiger partial charge in [0.2, 0.25) is 0 Å². The monoisotopic (exact) mass is 439 g/mol. The summed E-state index contributed by atoms with van der Waals surface area (Å²) in [5.74, 6) is -0.933. The van der Waals surface area contributed by atoms with Gasteiger partial charge in [-0.15, -0.1) is 0 Å². The first kappa shape index (κ1) is 25.2. The number of aliphatic carboxylic acids is 1. The van der Waals surface area contributed by atoms with Gasteiger partial charge < -0.3 is 15.3 Å². The Morgan fingerprint density at radius 3 is 2.28 bits per heavy atom. The van der Waals surface area contributed by atoms with Crippen molar-refractivity contribution in [1.29, 1.82) is 0 Å². The Hall–Kier alpha value is -3.09. The first-order valence-electron chi connectivity index (χ1n) is 10.5. The number of fused-ring (bicyclic) bond motifs is 1. The third kappa shape index (κ3) is 6.45. The third-order valence-corrected chi connectivity index (χ3v) is 4.98. The van der Waals surface area contributed by atoms with E-state index in [1.807, 2.05) is 48.5 Å². The van der Waals surface area contributed by atoms with Crippen LogP contribution in [0.2, 0.25) is 0 Å². The van der Waals surface area contributed by atoms with Crippen LogP contribution in [0.5, 0.6) is 0 Å². The van der Waals surface area contributed by atoms with Crippen LogP contribution in [-0.4, -0.2) is 45.7 Å². The molecule has 1 heterocycles. The van der Waals surface area contributed by atoms with E-state index in [1.54, 1.807) is 6.08 Å². The van der Waals surface area contributed by atoms with E-state index in [0.717, 1.165) is 33.3 Å². The number of aliphatic hydroxyl groups is 2. The minimum Gasteiger partial charge on any atom is -0.481 e. The van der Waals surface area contributed by atoms with Crippen molar-refractivity contribution in [2.75, 3.05) is 7.18 Å². The highest BCUT2D eigenvalue weighted by atomic mass is 19.1. The molecule has 0 bridgehead atoms. The Bertz CT molecular complexity index is 1050. The lowest BCUT2D eigenvalue weighted by molar-refractivity contribution is -0.139. The van der Waals surface area contributed by atoms with E-state index in [-0.39, 0.29) is 12.3 Å². The van der Waals surface area contributed by atoms with E-state index >= 15 is 0 Å². The maximum atomic E-state index is 10.7. The molecule has 0 radical (unpaired) electrons. The molecule has 0 spiro atoms. The minimum atomic E-state index is -1.10. The summed E-state index contributed by atoms with van der Waals surface area (Å²) >= 11 is 0. The molecule has 3 rings (SSSR count). The van der Waals surface area contributed by atoms with Crippen LogP contribution in [0.3, 0.4) is 0 Å². The third-order valence-electron chi connectivity index (χ3n) is 4.98. The molecule has 2 aromatic carbocycles. The molecule has 0 aliphatic heterocycles. The summed E-state index contributed by atoms with van der Waals surface area (Å²) in [5.41, 5.74) is 4.84. The van der Waals surface area contributed by atoms with E-state index in [4.69, 9.17) is 10.1 Å². The number of hydrogen-bond acceptors (Lipinski definition) is 4. The first-order valence-corrected chi connectivity index (χ1v) is 10.5. The number of hydrogen-bond donors (Lipinski definition) is 3. The number of para-hydroxylation sites is 1. The Kier molecular flexibility index (Phi) is 9.50. The molecule has 2 unspecified atom stereocenters. The highest BCUT2D eigenvalue weighted by Crippen LogP contribution is 2.36. The maximum Gasteiger partial charge on any atom is 0.305 e. The Morgan fingerprint density at radius 1 is 1.03 bits per heavy atom. The normalized spacial score (nSPS) is 13.1. The summed E-state index contributed by atoms with van der Waals surface area (Å²) in [6, 6.07) is 18.0. The van der Waals surface area contributed by atoms with E-state index < -0.39 is 24.6 Å². The zero-order chi connectivity index (χ0) is 23.7. The topological polar surface area (TPSA) is 90.7 Å². The predicted molar refractivity (Wildman–Crippen MR) is 126 cm³/mol. The molecule has 5 nitrogen and oxygen atoms in total. The zero-order valence-corrected chi connectivity index (χ0v) is 18.6. The van der Waals surface area contributed by atoms with E-state index in [9.17, 15) is 19.4 Å². The van der Waals surface area contributed by atoms with Crippen LogP contribution < -0.4 is 0 Å². The van der Waals surface area contributed by atoms with Crippen molar-refractivity contribution >= 4 is 22.9 Å². The van der Waals surface area contributed by atoms with Crippen molar-refractivity contribution in [3.63, 3.8) is 0 Å². The number of carbonyl (C=O) groups is 1. The van der Waals surface area contributed by atoms with Crippen LogP contribution in [0, 0.1) is 0 Å². The Morgan fingerprint density at radius 2 is 1.66 bits per heavy atom. The second-order valence-corrected chi connectivity index (χ2v) is 7.74. The van der Waals surface area contributed by atoms with Gasteiger partial charge in [0.25, 0.3) is 0 Å².